The SMILES string of the molecule is Cc1sc2ncnc(NC[C@H](c3cccs3)N(C)C)c2c1C. The molecule has 1 atom stereocenters. The highest BCUT2D eigenvalue weighted by Gasteiger charge is 2.17. The number of rotatable bonds is 5. The van der Waals surface area contributed by atoms with Crippen LogP contribution in [0.1, 0.15) is 21.4 Å². The average molecular weight is 332 g/mol. The van der Waals surface area contributed by atoms with Gasteiger partial charge < -0.3 is 10.2 Å². The molecule has 3 aromatic heterocycles. The molecule has 0 unspecified atom stereocenters. The predicted molar refractivity (Wildman–Crippen MR) is 96.1 cm³/mol. The van der Waals surface area contributed by atoms with E-state index in [9.17, 15) is 0 Å². The highest BCUT2D eigenvalue weighted by atomic mass is 32.1. The Hall–Kier alpha value is -1.50. The van der Waals surface area contributed by atoms with Gasteiger partial charge in [0.25, 0.3) is 0 Å². The molecule has 6 heteroatoms. The number of hydrogen-bond donors (Lipinski definition) is 1. The van der Waals surface area contributed by atoms with Crippen LogP contribution < -0.4 is 5.32 Å². The minimum absolute atomic E-state index is 0.338. The van der Waals surface area contributed by atoms with Gasteiger partial charge in [-0.15, -0.1) is 22.7 Å². The molecule has 0 aliphatic carbocycles. The molecule has 22 heavy (non-hydrogen) atoms. The first-order valence-corrected chi connectivity index (χ1v) is 8.92. The third kappa shape index (κ3) is 2.86. The molecule has 0 saturated carbocycles. The Morgan fingerprint density at radius 3 is 2.77 bits per heavy atom. The van der Waals surface area contributed by atoms with Gasteiger partial charge in [-0.05, 0) is 45.0 Å². The molecule has 0 amide bonds. The normalized spacial score (nSPS) is 13.0. The minimum Gasteiger partial charge on any atom is -0.367 e. The van der Waals surface area contributed by atoms with E-state index in [0.717, 1.165) is 22.6 Å². The maximum Gasteiger partial charge on any atom is 0.138 e. The number of aromatic nitrogens is 2. The van der Waals surface area contributed by atoms with Crippen LogP contribution in [0.3, 0.4) is 0 Å². The number of hydrogen-bond acceptors (Lipinski definition) is 6. The minimum atomic E-state index is 0.338. The smallest absolute Gasteiger partial charge is 0.138 e. The number of likely N-dealkylation sites (N-methyl/N-ethyl adjacent to an activating group) is 1. The molecular weight excluding hydrogens is 312 g/mol. The quantitative estimate of drug-likeness (QED) is 0.764. The molecule has 0 saturated heterocycles. The van der Waals surface area contributed by atoms with Crippen LogP contribution in [-0.2, 0) is 0 Å². The van der Waals surface area contributed by atoms with E-state index in [-0.39, 0.29) is 0 Å². The van der Waals surface area contributed by atoms with Gasteiger partial charge >= 0.3 is 0 Å². The van der Waals surface area contributed by atoms with E-state index in [2.05, 4.69) is 65.6 Å². The van der Waals surface area contributed by atoms with E-state index < -0.39 is 0 Å². The van der Waals surface area contributed by atoms with Crippen LogP contribution in [0.5, 0.6) is 0 Å². The lowest BCUT2D eigenvalue weighted by molar-refractivity contribution is 0.316. The maximum absolute atomic E-state index is 4.46. The topological polar surface area (TPSA) is 41.1 Å². The number of aryl methyl sites for hydroxylation is 2. The standard InChI is InChI=1S/C16H20N4S2/c1-10-11(2)22-16-14(10)15(18-9-19-16)17-8-12(20(3)4)13-6-5-7-21-13/h5-7,9,12H,8H2,1-4H3,(H,17,18,19)/t12-/m1/s1. The second-order valence-corrected chi connectivity index (χ2v) is 7.74. The molecular formula is C16H20N4S2. The van der Waals surface area contributed by atoms with Crippen LogP contribution in [0.4, 0.5) is 5.82 Å². The molecule has 3 aromatic rings. The summed E-state index contributed by atoms with van der Waals surface area (Å²) in [4.78, 5) is 14.8. The Morgan fingerprint density at radius 1 is 1.27 bits per heavy atom. The summed E-state index contributed by atoms with van der Waals surface area (Å²) in [5, 5.41) is 6.82. The van der Waals surface area contributed by atoms with Gasteiger partial charge in [-0.2, -0.15) is 0 Å². The van der Waals surface area contributed by atoms with Crippen molar-refractivity contribution in [3.8, 4) is 0 Å². The van der Waals surface area contributed by atoms with Gasteiger partial charge in [0.2, 0.25) is 0 Å². The second kappa shape index (κ2) is 6.32. The fourth-order valence-corrected chi connectivity index (χ4v) is 4.45. The van der Waals surface area contributed by atoms with Crippen molar-refractivity contribution < 1.29 is 0 Å². The lowest BCUT2D eigenvalue weighted by Crippen LogP contribution is -2.26. The van der Waals surface area contributed by atoms with Crippen molar-refractivity contribution in [2.75, 3.05) is 26.0 Å². The lowest BCUT2D eigenvalue weighted by Gasteiger charge is -2.24. The van der Waals surface area contributed by atoms with E-state index in [1.165, 1.54) is 15.3 Å². The monoisotopic (exact) mass is 332 g/mol. The number of thiophene rings is 2. The van der Waals surface area contributed by atoms with Crippen molar-refractivity contribution >= 4 is 38.7 Å². The van der Waals surface area contributed by atoms with Crippen LogP contribution in [-0.4, -0.2) is 35.5 Å². The van der Waals surface area contributed by atoms with E-state index in [4.69, 9.17) is 0 Å². The molecule has 4 nitrogen and oxygen atoms in total. The molecule has 0 radical (unpaired) electrons. The molecule has 0 aliphatic rings. The molecule has 0 bridgehead atoms. The van der Waals surface area contributed by atoms with Crippen LogP contribution >= 0.6 is 22.7 Å². The first-order chi connectivity index (χ1) is 10.6. The molecule has 0 spiro atoms. The molecule has 3 heterocycles. The Kier molecular flexibility index (Phi) is 4.42. The first-order valence-electron chi connectivity index (χ1n) is 7.22. The third-order valence-electron chi connectivity index (χ3n) is 3.92. The molecule has 0 aromatic carbocycles. The van der Waals surface area contributed by atoms with Crippen molar-refractivity contribution in [3.63, 3.8) is 0 Å². The summed E-state index contributed by atoms with van der Waals surface area (Å²) < 4.78 is 0. The van der Waals surface area contributed by atoms with Crippen molar-refractivity contribution in [2.45, 2.75) is 19.9 Å². The molecule has 3 rings (SSSR count). The zero-order valence-corrected chi connectivity index (χ0v) is 14.9. The van der Waals surface area contributed by atoms with Crippen molar-refractivity contribution in [3.05, 3.63) is 39.2 Å². The van der Waals surface area contributed by atoms with Gasteiger partial charge in [-0.3, -0.25) is 0 Å². The maximum atomic E-state index is 4.46. The number of anilines is 1. The Bertz CT molecular complexity index is 762. The van der Waals surface area contributed by atoms with Crippen molar-refractivity contribution in [2.24, 2.45) is 0 Å². The largest absolute Gasteiger partial charge is 0.367 e. The van der Waals surface area contributed by atoms with Crippen LogP contribution in [0, 0.1) is 13.8 Å². The Morgan fingerprint density at radius 2 is 2.09 bits per heavy atom. The zero-order valence-electron chi connectivity index (χ0n) is 13.3. The van der Waals surface area contributed by atoms with Gasteiger partial charge in [-0.25, -0.2) is 9.97 Å². The van der Waals surface area contributed by atoms with Gasteiger partial charge in [0.15, 0.2) is 0 Å². The molecule has 1 N–H and O–H groups in total. The number of nitrogens with zero attached hydrogens (tertiary/aromatic N) is 3. The Balaban J connectivity index is 1.87. The van der Waals surface area contributed by atoms with Crippen molar-refractivity contribution in [1.29, 1.82) is 0 Å². The summed E-state index contributed by atoms with van der Waals surface area (Å²) in [5.74, 6) is 0.940. The Labute approximate surface area is 138 Å². The fourth-order valence-electron chi connectivity index (χ4n) is 2.53. The highest BCUT2D eigenvalue weighted by molar-refractivity contribution is 7.18. The van der Waals surface area contributed by atoms with E-state index in [0.29, 0.717) is 6.04 Å². The lowest BCUT2D eigenvalue weighted by atomic mass is 10.2. The van der Waals surface area contributed by atoms with Crippen LogP contribution in [0.25, 0.3) is 10.2 Å². The van der Waals surface area contributed by atoms with Crippen molar-refractivity contribution in [1.82, 2.24) is 14.9 Å². The summed E-state index contributed by atoms with van der Waals surface area (Å²) in [6, 6.07) is 4.63. The molecule has 0 fully saturated rings. The summed E-state index contributed by atoms with van der Waals surface area (Å²) >= 11 is 3.52. The van der Waals surface area contributed by atoms with Gasteiger partial charge in [-0.1, -0.05) is 6.07 Å². The van der Waals surface area contributed by atoms with Crippen LogP contribution in [0.15, 0.2) is 23.8 Å². The van der Waals surface area contributed by atoms with E-state index in [1.807, 2.05) is 0 Å². The van der Waals surface area contributed by atoms with Crippen LogP contribution in [0.2, 0.25) is 0 Å². The summed E-state index contributed by atoms with van der Waals surface area (Å²) in [5.41, 5.74) is 1.28. The molecule has 0 aliphatic heterocycles. The molecule has 116 valence electrons. The van der Waals surface area contributed by atoms with E-state index in [1.54, 1.807) is 29.0 Å². The number of fused-ring (bicyclic) bond motifs is 1. The summed E-state index contributed by atoms with van der Waals surface area (Å²) in [6.07, 6.45) is 1.65. The van der Waals surface area contributed by atoms with Gasteiger partial charge in [0, 0.05) is 16.3 Å². The third-order valence-corrected chi connectivity index (χ3v) is 6.01. The zero-order chi connectivity index (χ0) is 15.7. The predicted octanol–water partition coefficient (Wildman–Crippen LogP) is 4.08. The summed E-state index contributed by atoms with van der Waals surface area (Å²) in [6.45, 7) is 5.11. The first kappa shape index (κ1) is 15.4. The van der Waals surface area contributed by atoms with E-state index >= 15 is 0 Å². The number of nitrogens with one attached hydrogen (secondary N) is 1. The van der Waals surface area contributed by atoms with Gasteiger partial charge in [0.1, 0.15) is 17.0 Å². The fraction of sp³-hybridized carbons (Fsp3) is 0.375. The van der Waals surface area contributed by atoms with Gasteiger partial charge in [0.05, 0.1) is 11.4 Å². The highest BCUT2D eigenvalue weighted by Crippen LogP contribution is 2.33. The summed E-state index contributed by atoms with van der Waals surface area (Å²) in [7, 11) is 4.23. The second-order valence-electron chi connectivity index (χ2n) is 5.56. The average Bonchev–Trinajstić information content (AvgIpc) is 3.09.